The van der Waals surface area contributed by atoms with Gasteiger partial charge in [0.25, 0.3) is 0 Å². The number of benzene rings is 2. The summed E-state index contributed by atoms with van der Waals surface area (Å²) in [4.78, 5) is 0.862. The topological polar surface area (TPSA) is 52.3 Å². The van der Waals surface area contributed by atoms with Crippen molar-refractivity contribution in [1.82, 2.24) is 0 Å². The van der Waals surface area contributed by atoms with E-state index in [2.05, 4.69) is 12.1 Å². The molecule has 0 saturated heterocycles. The Bertz CT molecular complexity index is 563. The van der Waals surface area contributed by atoms with Gasteiger partial charge in [-0.1, -0.05) is 48.5 Å². The van der Waals surface area contributed by atoms with Gasteiger partial charge in [-0.25, -0.2) is 0 Å². The zero-order valence-electron chi connectivity index (χ0n) is 11.1. The Morgan fingerprint density at radius 1 is 1.00 bits per heavy atom. The summed E-state index contributed by atoms with van der Waals surface area (Å²) in [7, 11) is 0. The van der Waals surface area contributed by atoms with Gasteiger partial charge in [-0.05, 0) is 41.9 Å². The van der Waals surface area contributed by atoms with E-state index in [-0.39, 0.29) is 0 Å². The fraction of sp³-hybridized carbons (Fsp3) is 0.200. The van der Waals surface area contributed by atoms with Crippen molar-refractivity contribution in [2.45, 2.75) is 17.7 Å². The molecular formula is C15H18NO2PS. The van der Waals surface area contributed by atoms with Crippen LogP contribution < -0.4 is 5.50 Å². The molecule has 0 radical (unpaired) electrons. The molecule has 0 bridgehead atoms. The van der Waals surface area contributed by atoms with Crippen LogP contribution in [-0.2, 0) is 15.5 Å². The highest BCUT2D eigenvalue weighted by Gasteiger charge is 2.18. The largest absolute Gasteiger partial charge is 0.328 e. The Kier molecular flexibility index (Phi) is 5.86. The van der Waals surface area contributed by atoms with E-state index in [4.69, 9.17) is 10.0 Å². The van der Waals surface area contributed by atoms with Gasteiger partial charge >= 0.3 is 6.72 Å². The van der Waals surface area contributed by atoms with Crippen LogP contribution in [0, 0.1) is 0 Å². The minimum absolute atomic E-state index is 0.405. The monoisotopic (exact) mass is 307 g/mol. The van der Waals surface area contributed by atoms with Gasteiger partial charge in [0.2, 0.25) is 0 Å². The molecule has 0 heterocycles. The highest BCUT2D eigenvalue weighted by molar-refractivity contribution is 8.55. The number of hydrogen-bond acceptors (Lipinski definition) is 3. The Morgan fingerprint density at radius 3 is 2.25 bits per heavy atom. The van der Waals surface area contributed by atoms with Crippen LogP contribution in [0.15, 0.2) is 65.6 Å². The van der Waals surface area contributed by atoms with Gasteiger partial charge in [-0.2, -0.15) is 0 Å². The van der Waals surface area contributed by atoms with E-state index >= 15 is 0 Å². The third kappa shape index (κ3) is 5.51. The van der Waals surface area contributed by atoms with Crippen LogP contribution >= 0.6 is 18.1 Å². The summed E-state index contributed by atoms with van der Waals surface area (Å²) < 4.78 is 17.5. The second-order valence-electron chi connectivity index (χ2n) is 4.37. The molecule has 0 aliphatic carbocycles. The molecule has 5 heteroatoms. The maximum absolute atomic E-state index is 12.1. The average Bonchev–Trinajstić information content (AvgIpc) is 2.45. The van der Waals surface area contributed by atoms with E-state index in [0.717, 1.165) is 29.1 Å². The fourth-order valence-corrected chi connectivity index (χ4v) is 4.40. The maximum atomic E-state index is 12.1. The Hall–Kier alpha value is -1.06. The quantitative estimate of drug-likeness (QED) is 0.604. The van der Waals surface area contributed by atoms with Crippen LogP contribution in [0.1, 0.15) is 12.0 Å². The predicted molar refractivity (Wildman–Crippen MR) is 84.8 cm³/mol. The predicted octanol–water partition coefficient (Wildman–Crippen LogP) is 4.49. The van der Waals surface area contributed by atoms with E-state index < -0.39 is 6.72 Å². The van der Waals surface area contributed by atoms with Crippen molar-refractivity contribution in [3.05, 3.63) is 66.2 Å². The molecule has 2 rings (SSSR count). The standard InChI is InChI=1S/C15H18NO2PS/c16-19(17,20-15-11-5-2-6-12-15)18-13-7-10-14-8-3-1-4-9-14/h1-6,8-9,11-12H,7,10,13H2,(H2,16,17). The van der Waals surface area contributed by atoms with Gasteiger partial charge in [0.05, 0.1) is 6.61 Å². The van der Waals surface area contributed by atoms with Crippen molar-refractivity contribution in [3.8, 4) is 0 Å². The van der Waals surface area contributed by atoms with Gasteiger partial charge in [0.1, 0.15) is 0 Å². The van der Waals surface area contributed by atoms with E-state index in [1.54, 1.807) is 0 Å². The number of rotatable bonds is 7. The van der Waals surface area contributed by atoms with Crippen molar-refractivity contribution >= 4 is 18.1 Å². The van der Waals surface area contributed by atoms with Crippen LogP contribution in [0.4, 0.5) is 0 Å². The summed E-state index contributed by atoms with van der Waals surface area (Å²) in [6.45, 7) is -2.71. The molecule has 0 saturated carbocycles. The summed E-state index contributed by atoms with van der Waals surface area (Å²) in [6.07, 6.45) is 1.71. The second-order valence-corrected chi connectivity index (χ2v) is 8.43. The van der Waals surface area contributed by atoms with Crippen LogP contribution in [0.3, 0.4) is 0 Å². The summed E-state index contributed by atoms with van der Waals surface area (Å²) in [5, 5.41) is 0. The zero-order chi connectivity index (χ0) is 14.3. The summed E-state index contributed by atoms with van der Waals surface area (Å²) in [5.41, 5.74) is 6.97. The highest BCUT2D eigenvalue weighted by Crippen LogP contribution is 2.55. The molecule has 0 fully saturated rings. The van der Waals surface area contributed by atoms with Gasteiger partial charge in [0.15, 0.2) is 0 Å². The lowest BCUT2D eigenvalue weighted by Crippen LogP contribution is -1.99. The first kappa shape index (κ1) is 15.3. The average molecular weight is 307 g/mol. The number of nitrogens with two attached hydrogens (primary N) is 1. The van der Waals surface area contributed by atoms with Crippen LogP contribution in [-0.4, -0.2) is 6.61 Å². The molecule has 2 N–H and O–H groups in total. The molecular weight excluding hydrogens is 289 g/mol. The molecule has 2 aromatic carbocycles. The lowest BCUT2D eigenvalue weighted by Gasteiger charge is -2.12. The number of aryl methyl sites for hydroxylation is 1. The van der Waals surface area contributed by atoms with E-state index in [1.165, 1.54) is 5.56 Å². The summed E-state index contributed by atoms with van der Waals surface area (Å²) in [6, 6.07) is 19.6. The molecule has 1 unspecified atom stereocenters. The number of hydrogen-bond donors (Lipinski definition) is 1. The van der Waals surface area contributed by atoms with Crippen LogP contribution in [0.25, 0.3) is 0 Å². The molecule has 0 amide bonds. The minimum Gasteiger partial charge on any atom is -0.310 e. The van der Waals surface area contributed by atoms with Gasteiger partial charge in [-0.15, -0.1) is 0 Å². The molecule has 1 atom stereocenters. The maximum Gasteiger partial charge on any atom is 0.328 e. The van der Waals surface area contributed by atoms with Gasteiger partial charge in [-0.3, -0.25) is 10.1 Å². The van der Waals surface area contributed by atoms with Gasteiger partial charge in [0, 0.05) is 4.90 Å². The Morgan fingerprint density at radius 2 is 1.60 bits per heavy atom. The fourth-order valence-electron chi connectivity index (χ4n) is 1.77. The van der Waals surface area contributed by atoms with Crippen molar-refractivity contribution < 1.29 is 9.09 Å². The molecule has 0 aliphatic heterocycles. The van der Waals surface area contributed by atoms with Crippen LogP contribution in [0.2, 0.25) is 0 Å². The van der Waals surface area contributed by atoms with E-state index in [1.807, 2.05) is 48.5 Å². The molecule has 2 aromatic rings. The first-order valence-corrected chi connectivity index (χ1v) is 9.59. The molecule has 0 aromatic heterocycles. The zero-order valence-corrected chi connectivity index (χ0v) is 12.9. The molecule has 106 valence electrons. The van der Waals surface area contributed by atoms with Crippen molar-refractivity contribution in [3.63, 3.8) is 0 Å². The molecule has 0 spiro atoms. The molecule has 0 aliphatic rings. The van der Waals surface area contributed by atoms with Gasteiger partial charge < -0.3 is 4.52 Å². The minimum atomic E-state index is -3.12. The lowest BCUT2D eigenvalue weighted by atomic mass is 10.1. The third-order valence-corrected chi connectivity index (χ3v) is 5.69. The third-order valence-electron chi connectivity index (χ3n) is 2.70. The van der Waals surface area contributed by atoms with Crippen molar-refractivity contribution in [2.75, 3.05) is 6.61 Å². The molecule has 20 heavy (non-hydrogen) atoms. The Labute approximate surface area is 123 Å². The SMILES string of the molecule is NP(=O)(OCCCc1ccccc1)Sc1ccccc1. The molecule has 3 nitrogen and oxygen atoms in total. The van der Waals surface area contributed by atoms with E-state index in [0.29, 0.717) is 6.61 Å². The Balaban J connectivity index is 1.74. The summed E-state index contributed by atoms with van der Waals surface area (Å²) in [5.74, 6) is 0. The van der Waals surface area contributed by atoms with Crippen molar-refractivity contribution in [2.24, 2.45) is 5.50 Å². The van der Waals surface area contributed by atoms with Crippen molar-refractivity contribution in [1.29, 1.82) is 0 Å². The first-order chi connectivity index (χ1) is 9.66. The van der Waals surface area contributed by atoms with E-state index in [9.17, 15) is 4.57 Å². The lowest BCUT2D eigenvalue weighted by molar-refractivity contribution is 0.319. The van der Waals surface area contributed by atoms with Crippen LogP contribution in [0.5, 0.6) is 0 Å². The summed E-state index contributed by atoms with van der Waals surface area (Å²) >= 11 is 1.10. The highest BCUT2D eigenvalue weighted by atomic mass is 32.7. The first-order valence-electron chi connectivity index (χ1n) is 6.47. The second kappa shape index (κ2) is 7.65. The normalized spacial score (nSPS) is 13.8. The smallest absolute Gasteiger partial charge is 0.310 e.